The van der Waals surface area contributed by atoms with E-state index < -0.39 is 5.67 Å². The van der Waals surface area contributed by atoms with Crippen LogP contribution in [0.15, 0.2) is 97.1 Å². The van der Waals surface area contributed by atoms with E-state index in [2.05, 4.69) is 194 Å². The number of rotatable bonds is 4. The minimum atomic E-state index is -0.900. The molecular formula is C53H81F. The van der Waals surface area contributed by atoms with E-state index in [0.29, 0.717) is 11.8 Å². The third-order valence-electron chi connectivity index (χ3n) is 10.6. The van der Waals surface area contributed by atoms with Gasteiger partial charge in [-0.05, 0) is 112 Å². The maximum Gasteiger partial charge on any atom is 0.115 e. The Kier molecular flexibility index (Phi) is 18.2. The van der Waals surface area contributed by atoms with Crippen LogP contribution < -0.4 is 0 Å². The molecule has 0 saturated heterocycles. The molecule has 0 amide bonds. The molecule has 54 heavy (non-hydrogen) atoms. The summed E-state index contributed by atoms with van der Waals surface area (Å²) in [4.78, 5) is 0. The Hall–Kier alpha value is -3.19. The highest BCUT2D eigenvalue weighted by Gasteiger charge is 2.36. The number of benzene rings is 4. The quantitative estimate of drug-likeness (QED) is 0.196. The van der Waals surface area contributed by atoms with Gasteiger partial charge in [-0.2, -0.15) is 0 Å². The average molecular weight is 737 g/mol. The first kappa shape index (κ1) is 48.8. The molecule has 2 fully saturated rings. The fourth-order valence-electron chi connectivity index (χ4n) is 6.19. The molecule has 4 aromatic rings. The minimum Gasteiger partial charge on any atom is -0.244 e. The van der Waals surface area contributed by atoms with Crippen molar-refractivity contribution in [2.45, 2.75) is 190 Å². The van der Waals surface area contributed by atoms with Gasteiger partial charge in [-0.3, -0.25) is 0 Å². The smallest absolute Gasteiger partial charge is 0.115 e. The lowest BCUT2D eigenvalue weighted by Gasteiger charge is -2.34. The Morgan fingerprint density at radius 1 is 0.500 bits per heavy atom. The number of hydrogen-bond donors (Lipinski definition) is 0. The molecule has 0 atom stereocenters. The van der Waals surface area contributed by atoms with Gasteiger partial charge in [-0.25, -0.2) is 4.39 Å². The van der Waals surface area contributed by atoms with Crippen LogP contribution in [-0.2, 0) is 34.5 Å². The van der Waals surface area contributed by atoms with Gasteiger partial charge in [-0.15, -0.1) is 0 Å². The number of alkyl halides is 1. The van der Waals surface area contributed by atoms with Crippen LogP contribution in [0.2, 0.25) is 0 Å². The average Bonchev–Trinajstić information content (AvgIpc) is 3.90. The first-order valence-electron chi connectivity index (χ1n) is 20.1. The third-order valence-corrected chi connectivity index (χ3v) is 10.6. The van der Waals surface area contributed by atoms with E-state index in [0.717, 1.165) is 37.2 Å². The van der Waals surface area contributed by atoms with E-state index >= 15 is 0 Å². The molecule has 6 rings (SSSR count). The molecule has 0 aromatic heterocycles. The highest BCUT2D eigenvalue weighted by molar-refractivity contribution is 5.32. The first-order chi connectivity index (χ1) is 24.0. The fourth-order valence-corrected chi connectivity index (χ4v) is 6.19. The SMILES string of the molecule is C.C.CC(C)(C)c1ccc(C2CC2)cc1.CC(C)(C)c1ccc(CC2(F)CCC2)cc1.CCc1ccc(C(C)(C)C)cc1.Cc1ccc(C(C)(C)C)cc1. The summed E-state index contributed by atoms with van der Waals surface area (Å²) in [6.45, 7) is 31.1. The predicted molar refractivity (Wildman–Crippen MR) is 242 cm³/mol. The molecule has 4 aromatic carbocycles. The zero-order chi connectivity index (χ0) is 39.0. The van der Waals surface area contributed by atoms with Crippen molar-refractivity contribution in [2.75, 3.05) is 0 Å². The van der Waals surface area contributed by atoms with Crippen molar-refractivity contribution >= 4 is 0 Å². The first-order valence-corrected chi connectivity index (χ1v) is 20.1. The van der Waals surface area contributed by atoms with E-state index in [1.165, 1.54) is 51.8 Å². The second-order valence-electron chi connectivity index (χ2n) is 19.7. The minimum absolute atomic E-state index is 0. The van der Waals surface area contributed by atoms with E-state index in [-0.39, 0.29) is 31.1 Å². The summed E-state index contributed by atoms with van der Waals surface area (Å²) >= 11 is 0. The molecule has 1 heteroatoms. The van der Waals surface area contributed by atoms with Crippen LogP contribution in [0.4, 0.5) is 4.39 Å². The third kappa shape index (κ3) is 16.3. The van der Waals surface area contributed by atoms with Gasteiger partial charge >= 0.3 is 0 Å². The molecular weight excluding hydrogens is 656 g/mol. The predicted octanol–water partition coefficient (Wildman–Crippen LogP) is 16.4. The van der Waals surface area contributed by atoms with E-state index in [1.807, 2.05) is 0 Å². The van der Waals surface area contributed by atoms with Crippen LogP contribution >= 0.6 is 0 Å². The van der Waals surface area contributed by atoms with Gasteiger partial charge < -0.3 is 0 Å². The van der Waals surface area contributed by atoms with Crippen LogP contribution in [0.1, 0.15) is 187 Å². The maximum atomic E-state index is 13.9. The molecule has 0 radical (unpaired) electrons. The molecule has 300 valence electrons. The van der Waals surface area contributed by atoms with Crippen LogP contribution in [0.25, 0.3) is 0 Å². The summed E-state index contributed by atoms with van der Waals surface area (Å²) < 4.78 is 13.9. The van der Waals surface area contributed by atoms with Crippen molar-refractivity contribution in [3.05, 3.63) is 142 Å². The number of aryl methyl sites for hydroxylation is 2. The highest BCUT2D eigenvalue weighted by atomic mass is 19.1. The van der Waals surface area contributed by atoms with E-state index in [4.69, 9.17) is 0 Å². The van der Waals surface area contributed by atoms with Gasteiger partial charge in [0, 0.05) is 6.42 Å². The Bertz CT molecular complexity index is 1600. The van der Waals surface area contributed by atoms with Gasteiger partial charge in [0.2, 0.25) is 0 Å². The molecule has 0 N–H and O–H groups in total. The lowest BCUT2D eigenvalue weighted by atomic mass is 9.77. The van der Waals surface area contributed by atoms with Crippen molar-refractivity contribution in [3.63, 3.8) is 0 Å². The Morgan fingerprint density at radius 3 is 1.09 bits per heavy atom. The van der Waals surface area contributed by atoms with Crippen molar-refractivity contribution in [3.8, 4) is 0 Å². The van der Waals surface area contributed by atoms with Crippen LogP contribution in [0.3, 0.4) is 0 Å². The van der Waals surface area contributed by atoms with Crippen molar-refractivity contribution in [1.29, 1.82) is 0 Å². The van der Waals surface area contributed by atoms with Crippen molar-refractivity contribution in [2.24, 2.45) is 0 Å². The number of hydrogen-bond acceptors (Lipinski definition) is 0. The standard InChI is InChI=1S/C15H21F.C13H18.C12H18.C11H16.2CH4/c1-14(2,3)13-7-5-12(6-8-13)11-15(16)9-4-10-15;1-13(2,3)12-8-6-11(7-9-12)10-4-5-10;1-5-10-6-8-11(9-7-10)12(2,3)4;1-9-5-7-10(8-6-9)11(2,3)4;;/h5-8H,4,9-11H2,1-3H3;6-10H,4-5H2,1-3H3;6-9H,5H2,1-4H3;5-8H,1-4H3;2*1H4. The molecule has 2 aliphatic rings. The summed E-state index contributed by atoms with van der Waals surface area (Å²) in [7, 11) is 0. The monoisotopic (exact) mass is 737 g/mol. The van der Waals surface area contributed by atoms with Crippen LogP contribution in [-0.4, -0.2) is 5.67 Å². The summed E-state index contributed by atoms with van der Waals surface area (Å²) in [6.07, 6.45) is 7.06. The second-order valence-corrected chi connectivity index (χ2v) is 19.7. The summed E-state index contributed by atoms with van der Waals surface area (Å²) in [6, 6.07) is 35.3. The Balaban J connectivity index is 0.000000359. The Morgan fingerprint density at radius 2 is 0.815 bits per heavy atom. The fraction of sp³-hybridized carbons (Fsp3) is 0.547. The lowest BCUT2D eigenvalue weighted by Crippen LogP contribution is -2.34. The van der Waals surface area contributed by atoms with Gasteiger partial charge in [-0.1, -0.05) is 207 Å². The maximum absolute atomic E-state index is 13.9. The van der Waals surface area contributed by atoms with Crippen molar-refractivity contribution in [1.82, 2.24) is 0 Å². The molecule has 2 saturated carbocycles. The molecule has 0 spiro atoms. The molecule has 2 aliphatic carbocycles. The molecule has 0 aliphatic heterocycles. The number of halogens is 1. The zero-order valence-corrected chi connectivity index (χ0v) is 35.6. The van der Waals surface area contributed by atoms with E-state index in [9.17, 15) is 4.39 Å². The zero-order valence-electron chi connectivity index (χ0n) is 35.6. The Labute approximate surface area is 334 Å². The van der Waals surface area contributed by atoms with E-state index in [1.54, 1.807) is 0 Å². The highest BCUT2D eigenvalue weighted by Crippen LogP contribution is 2.41. The molecule has 0 nitrogen and oxygen atoms in total. The van der Waals surface area contributed by atoms with Gasteiger partial charge in [0.1, 0.15) is 5.67 Å². The lowest BCUT2D eigenvalue weighted by molar-refractivity contribution is 0.0641. The van der Waals surface area contributed by atoms with Gasteiger partial charge in [0.15, 0.2) is 0 Å². The normalized spacial score (nSPS) is 14.9. The molecule has 0 heterocycles. The van der Waals surface area contributed by atoms with Crippen LogP contribution in [0.5, 0.6) is 0 Å². The molecule has 0 bridgehead atoms. The van der Waals surface area contributed by atoms with Gasteiger partial charge in [0.25, 0.3) is 0 Å². The summed E-state index contributed by atoms with van der Waals surface area (Å²) in [5.74, 6) is 0.883. The van der Waals surface area contributed by atoms with Gasteiger partial charge in [0.05, 0.1) is 0 Å². The summed E-state index contributed by atoms with van der Waals surface area (Å²) in [5, 5.41) is 0. The van der Waals surface area contributed by atoms with Crippen LogP contribution in [0, 0.1) is 6.92 Å². The van der Waals surface area contributed by atoms with Crippen molar-refractivity contribution < 1.29 is 4.39 Å². The molecule has 0 unspecified atom stereocenters. The second kappa shape index (κ2) is 20.1. The topological polar surface area (TPSA) is 0 Å². The largest absolute Gasteiger partial charge is 0.244 e. The summed E-state index contributed by atoms with van der Waals surface area (Å²) in [5.41, 5.74) is 11.1.